The molecule has 0 atom stereocenters. The molecule has 0 N–H and O–H groups in total. The molecule has 0 saturated heterocycles. The number of fused-ring (bicyclic) bond motifs is 1. The van der Waals surface area contributed by atoms with Gasteiger partial charge in [-0.15, -0.1) is 0 Å². The van der Waals surface area contributed by atoms with Crippen molar-refractivity contribution in [2.24, 2.45) is 0 Å². The summed E-state index contributed by atoms with van der Waals surface area (Å²) >= 11 is 0. The highest BCUT2D eigenvalue weighted by Crippen LogP contribution is 2.23. The minimum absolute atomic E-state index is 0.0523. The molecule has 0 bridgehead atoms. The Labute approximate surface area is 211 Å². The van der Waals surface area contributed by atoms with Crippen molar-refractivity contribution in [2.45, 2.75) is 33.2 Å². The molecular weight excluding hydrogens is 454 g/mol. The number of carbonyl (C=O) groups excluding carboxylic acids is 2. The quantitative estimate of drug-likeness (QED) is 0.327. The van der Waals surface area contributed by atoms with Crippen molar-refractivity contribution < 1.29 is 19.1 Å². The Morgan fingerprint density at radius 2 is 1.64 bits per heavy atom. The van der Waals surface area contributed by atoms with E-state index in [-0.39, 0.29) is 11.9 Å². The van der Waals surface area contributed by atoms with E-state index in [1.54, 1.807) is 12.0 Å². The van der Waals surface area contributed by atoms with Crippen molar-refractivity contribution >= 4 is 22.6 Å². The van der Waals surface area contributed by atoms with E-state index in [4.69, 9.17) is 9.47 Å². The highest BCUT2D eigenvalue weighted by atomic mass is 16.5. The molecule has 0 aliphatic heterocycles. The van der Waals surface area contributed by atoms with Gasteiger partial charge in [-0.25, -0.2) is 4.68 Å². The molecule has 3 aromatic carbocycles. The summed E-state index contributed by atoms with van der Waals surface area (Å²) in [5.41, 5.74) is 5.42. The van der Waals surface area contributed by atoms with Crippen LogP contribution in [0, 0.1) is 13.8 Å². The van der Waals surface area contributed by atoms with Gasteiger partial charge in [-0.3, -0.25) is 9.59 Å². The summed E-state index contributed by atoms with van der Waals surface area (Å²) in [6.45, 7) is 4.43. The van der Waals surface area contributed by atoms with Crippen LogP contribution in [0.3, 0.4) is 0 Å². The van der Waals surface area contributed by atoms with Crippen molar-refractivity contribution in [2.75, 3.05) is 21.3 Å². The standard InChI is InChI=1S/C29H31N3O4/c1-19-27(14-15-28(33)36-5)20(2)32(30-19)25-11-8-22(9-12-25)29(34)31(3)18-21-6-7-24-17-26(35-4)13-10-23(24)16-21/h6-13,16-17H,14-15,18H2,1-5H3. The maximum Gasteiger partial charge on any atom is 0.305 e. The lowest BCUT2D eigenvalue weighted by molar-refractivity contribution is -0.140. The first kappa shape index (κ1) is 25.0. The van der Waals surface area contributed by atoms with Gasteiger partial charge < -0.3 is 14.4 Å². The normalized spacial score (nSPS) is 10.9. The fourth-order valence-electron chi connectivity index (χ4n) is 4.43. The van der Waals surface area contributed by atoms with Gasteiger partial charge in [-0.1, -0.05) is 18.2 Å². The minimum Gasteiger partial charge on any atom is -0.497 e. The van der Waals surface area contributed by atoms with Gasteiger partial charge >= 0.3 is 5.97 Å². The Morgan fingerprint density at radius 3 is 2.33 bits per heavy atom. The van der Waals surface area contributed by atoms with Crippen LogP contribution in [0.2, 0.25) is 0 Å². The van der Waals surface area contributed by atoms with Crippen molar-refractivity contribution in [3.05, 3.63) is 88.7 Å². The third-order valence-corrected chi connectivity index (χ3v) is 6.49. The van der Waals surface area contributed by atoms with Crippen molar-refractivity contribution in [1.29, 1.82) is 0 Å². The van der Waals surface area contributed by atoms with E-state index in [1.165, 1.54) is 7.11 Å². The number of rotatable bonds is 8. The van der Waals surface area contributed by atoms with Gasteiger partial charge in [-0.2, -0.15) is 5.10 Å². The van der Waals surface area contributed by atoms with E-state index in [0.29, 0.717) is 24.9 Å². The van der Waals surface area contributed by atoms with Crippen LogP contribution in [0.25, 0.3) is 16.5 Å². The van der Waals surface area contributed by atoms with E-state index < -0.39 is 0 Å². The third kappa shape index (κ3) is 5.25. The predicted molar refractivity (Wildman–Crippen MR) is 140 cm³/mol. The van der Waals surface area contributed by atoms with Crippen LogP contribution in [0.15, 0.2) is 60.7 Å². The van der Waals surface area contributed by atoms with E-state index in [0.717, 1.165) is 44.7 Å². The zero-order chi connectivity index (χ0) is 25.8. The fraction of sp³-hybridized carbons (Fsp3) is 0.276. The number of amides is 1. The van der Waals surface area contributed by atoms with E-state index in [1.807, 2.05) is 80.2 Å². The molecular formula is C29H31N3O4. The molecule has 4 rings (SSSR count). The smallest absolute Gasteiger partial charge is 0.305 e. The highest BCUT2D eigenvalue weighted by Gasteiger charge is 2.16. The lowest BCUT2D eigenvalue weighted by Crippen LogP contribution is -2.26. The Hall–Kier alpha value is -4.13. The number of benzene rings is 3. The fourth-order valence-corrected chi connectivity index (χ4v) is 4.43. The molecule has 7 heteroatoms. The molecule has 1 aromatic heterocycles. The molecule has 1 heterocycles. The molecule has 186 valence electrons. The lowest BCUT2D eigenvalue weighted by atomic mass is 10.1. The number of methoxy groups -OCH3 is 2. The molecule has 0 fully saturated rings. The van der Waals surface area contributed by atoms with Crippen LogP contribution in [-0.2, 0) is 22.5 Å². The van der Waals surface area contributed by atoms with E-state index in [2.05, 4.69) is 11.2 Å². The Morgan fingerprint density at radius 1 is 0.944 bits per heavy atom. The number of esters is 1. The number of aryl methyl sites for hydroxylation is 1. The third-order valence-electron chi connectivity index (χ3n) is 6.49. The van der Waals surface area contributed by atoms with Crippen molar-refractivity contribution in [1.82, 2.24) is 14.7 Å². The maximum atomic E-state index is 13.1. The van der Waals surface area contributed by atoms with Gasteiger partial charge in [0, 0.05) is 31.3 Å². The molecule has 0 saturated carbocycles. The summed E-state index contributed by atoms with van der Waals surface area (Å²) in [7, 11) is 4.86. The van der Waals surface area contributed by atoms with Gasteiger partial charge in [-0.05, 0) is 84.6 Å². The van der Waals surface area contributed by atoms with Crippen molar-refractivity contribution in [3.8, 4) is 11.4 Å². The van der Waals surface area contributed by atoms with Crippen LogP contribution >= 0.6 is 0 Å². The van der Waals surface area contributed by atoms with E-state index >= 15 is 0 Å². The molecule has 0 spiro atoms. The number of hydrogen-bond donors (Lipinski definition) is 0. The Balaban J connectivity index is 1.46. The van der Waals surface area contributed by atoms with Crippen LogP contribution in [-0.4, -0.2) is 47.8 Å². The molecule has 4 aromatic rings. The van der Waals surface area contributed by atoms with Gasteiger partial charge in [0.15, 0.2) is 0 Å². The first-order valence-corrected chi connectivity index (χ1v) is 11.8. The molecule has 7 nitrogen and oxygen atoms in total. The SMILES string of the molecule is COC(=O)CCc1c(C)nn(-c2ccc(C(=O)N(C)Cc3ccc4cc(OC)ccc4c3)cc2)c1C. The summed E-state index contributed by atoms with van der Waals surface area (Å²) < 4.78 is 11.9. The topological polar surface area (TPSA) is 73.7 Å². The van der Waals surface area contributed by atoms with Crippen molar-refractivity contribution in [3.63, 3.8) is 0 Å². The van der Waals surface area contributed by atoms with Gasteiger partial charge in [0.05, 0.1) is 25.6 Å². The van der Waals surface area contributed by atoms with Crippen LogP contribution < -0.4 is 4.74 Å². The monoisotopic (exact) mass is 485 g/mol. The highest BCUT2D eigenvalue weighted by molar-refractivity contribution is 5.94. The number of ether oxygens (including phenoxy) is 2. The summed E-state index contributed by atoms with van der Waals surface area (Å²) in [6.07, 6.45) is 0.892. The second-order valence-corrected chi connectivity index (χ2v) is 8.89. The molecule has 0 radical (unpaired) electrons. The van der Waals surface area contributed by atoms with Crippen LogP contribution in [0.1, 0.15) is 39.3 Å². The Kier molecular flexibility index (Phi) is 7.38. The summed E-state index contributed by atoms with van der Waals surface area (Å²) in [4.78, 5) is 26.4. The summed E-state index contributed by atoms with van der Waals surface area (Å²) in [5.74, 6) is 0.532. The summed E-state index contributed by atoms with van der Waals surface area (Å²) in [5, 5.41) is 6.85. The zero-order valence-electron chi connectivity index (χ0n) is 21.4. The van der Waals surface area contributed by atoms with Gasteiger partial charge in [0.25, 0.3) is 5.91 Å². The average molecular weight is 486 g/mol. The number of carbonyl (C=O) groups is 2. The second kappa shape index (κ2) is 10.6. The first-order chi connectivity index (χ1) is 17.3. The predicted octanol–water partition coefficient (Wildman–Crippen LogP) is 5.03. The zero-order valence-corrected chi connectivity index (χ0v) is 21.4. The average Bonchev–Trinajstić information content (AvgIpc) is 3.19. The largest absolute Gasteiger partial charge is 0.497 e. The lowest BCUT2D eigenvalue weighted by Gasteiger charge is -2.18. The number of nitrogens with zero attached hydrogens (tertiary/aromatic N) is 3. The van der Waals surface area contributed by atoms with Crippen LogP contribution in [0.5, 0.6) is 5.75 Å². The van der Waals surface area contributed by atoms with Gasteiger partial charge in [0.2, 0.25) is 0 Å². The number of hydrogen-bond acceptors (Lipinski definition) is 5. The number of aromatic nitrogens is 2. The molecule has 0 unspecified atom stereocenters. The Bertz CT molecular complexity index is 1410. The van der Waals surface area contributed by atoms with Gasteiger partial charge in [0.1, 0.15) is 5.75 Å². The molecule has 0 aliphatic rings. The van der Waals surface area contributed by atoms with E-state index in [9.17, 15) is 9.59 Å². The van der Waals surface area contributed by atoms with Crippen LogP contribution in [0.4, 0.5) is 0 Å². The second-order valence-electron chi connectivity index (χ2n) is 8.89. The molecule has 0 aliphatic carbocycles. The molecule has 1 amide bonds. The maximum absolute atomic E-state index is 13.1. The first-order valence-electron chi connectivity index (χ1n) is 11.8. The minimum atomic E-state index is -0.238. The molecule has 36 heavy (non-hydrogen) atoms. The summed E-state index contributed by atoms with van der Waals surface area (Å²) in [6, 6.07) is 19.6.